The molecule has 0 aromatic heterocycles. The van der Waals surface area contributed by atoms with Crippen molar-refractivity contribution in [1.82, 2.24) is 0 Å². The van der Waals surface area contributed by atoms with E-state index in [0.29, 0.717) is 0 Å². The summed E-state index contributed by atoms with van der Waals surface area (Å²) < 4.78 is 0. The summed E-state index contributed by atoms with van der Waals surface area (Å²) in [5, 5.41) is 3.32. The van der Waals surface area contributed by atoms with Gasteiger partial charge in [-0.1, -0.05) is 39.0 Å². The fourth-order valence-electron chi connectivity index (χ4n) is 1.88. The molecule has 0 aliphatic rings. The Balaban J connectivity index is 2.89. The van der Waals surface area contributed by atoms with Crippen LogP contribution in [0.15, 0.2) is 24.3 Å². The molecule has 19 heavy (non-hydrogen) atoms. The minimum atomic E-state index is -0.709. The first-order chi connectivity index (χ1) is 8.64. The molecule has 0 saturated heterocycles. The van der Waals surface area contributed by atoms with Crippen LogP contribution in [0, 0.1) is 12.3 Å². The predicted octanol–water partition coefficient (Wildman–Crippen LogP) is 3.48. The fraction of sp³-hybridized carbons (Fsp3) is 0.562. The van der Waals surface area contributed by atoms with E-state index in [4.69, 9.17) is 5.73 Å². The van der Waals surface area contributed by atoms with Gasteiger partial charge in [-0.2, -0.15) is 0 Å². The first-order valence-electron chi connectivity index (χ1n) is 6.78. The largest absolute Gasteiger partial charge is 0.371 e. The number of amides is 1. The van der Waals surface area contributed by atoms with Crippen LogP contribution in [0.1, 0.15) is 46.1 Å². The molecule has 0 bridgehead atoms. The van der Waals surface area contributed by atoms with Crippen molar-refractivity contribution in [2.75, 3.05) is 5.32 Å². The van der Waals surface area contributed by atoms with Crippen molar-refractivity contribution in [2.24, 2.45) is 11.1 Å². The lowest BCUT2D eigenvalue weighted by atomic mass is 9.83. The van der Waals surface area contributed by atoms with Gasteiger partial charge in [-0.3, -0.25) is 4.79 Å². The van der Waals surface area contributed by atoms with Crippen LogP contribution in [0.3, 0.4) is 0 Å². The van der Waals surface area contributed by atoms with Crippen molar-refractivity contribution in [3.8, 4) is 0 Å². The van der Waals surface area contributed by atoms with Gasteiger partial charge in [0.1, 0.15) is 5.54 Å². The second-order valence-corrected chi connectivity index (χ2v) is 6.70. The van der Waals surface area contributed by atoms with Crippen LogP contribution in [-0.4, -0.2) is 11.4 Å². The van der Waals surface area contributed by atoms with E-state index in [2.05, 4.69) is 26.1 Å². The van der Waals surface area contributed by atoms with Gasteiger partial charge in [-0.25, -0.2) is 0 Å². The molecular formula is C16H26N2O. The second-order valence-electron chi connectivity index (χ2n) is 6.70. The number of nitrogens with two attached hydrogens (primary N) is 1. The van der Waals surface area contributed by atoms with Crippen LogP contribution in [0.25, 0.3) is 0 Å². The van der Waals surface area contributed by atoms with Gasteiger partial charge < -0.3 is 11.1 Å². The molecule has 3 nitrogen and oxygen atoms in total. The van der Waals surface area contributed by atoms with Crippen molar-refractivity contribution in [3.63, 3.8) is 0 Å². The summed E-state index contributed by atoms with van der Waals surface area (Å²) in [7, 11) is 0. The van der Waals surface area contributed by atoms with Crippen LogP contribution >= 0.6 is 0 Å². The first-order valence-corrected chi connectivity index (χ1v) is 6.78. The Hall–Kier alpha value is -1.51. The van der Waals surface area contributed by atoms with E-state index in [1.54, 1.807) is 0 Å². The Kier molecular flexibility index (Phi) is 4.61. The summed E-state index contributed by atoms with van der Waals surface area (Å²) in [5.74, 6) is -0.306. The lowest BCUT2D eigenvalue weighted by Crippen LogP contribution is -2.48. The van der Waals surface area contributed by atoms with Gasteiger partial charge in [-0.15, -0.1) is 0 Å². The van der Waals surface area contributed by atoms with Crippen LogP contribution in [0.5, 0.6) is 0 Å². The van der Waals surface area contributed by atoms with Crippen LogP contribution < -0.4 is 11.1 Å². The third-order valence-corrected chi connectivity index (χ3v) is 3.47. The normalized spacial score (nSPS) is 14.8. The molecule has 3 N–H and O–H groups in total. The molecule has 0 fully saturated rings. The van der Waals surface area contributed by atoms with Crippen molar-refractivity contribution in [2.45, 2.75) is 53.0 Å². The average molecular weight is 262 g/mol. The van der Waals surface area contributed by atoms with Crippen molar-refractivity contribution >= 4 is 11.6 Å². The molecule has 0 radical (unpaired) electrons. The number of rotatable bonds is 5. The molecule has 0 aliphatic carbocycles. The van der Waals surface area contributed by atoms with E-state index in [1.807, 2.05) is 38.1 Å². The first kappa shape index (κ1) is 15.5. The molecule has 106 valence electrons. The molecular weight excluding hydrogens is 236 g/mol. The van der Waals surface area contributed by atoms with Crippen molar-refractivity contribution in [3.05, 3.63) is 29.8 Å². The molecule has 0 saturated carbocycles. The van der Waals surface area contributed by atoms with Gasteiger partial charge in [0, 0.05) is 5.69 Å². The van der Waals surface area contributed by atoms with Crippen LogP contribution in [0.4, 0.5) is 5.69 Å². The molecule has 1 rings (SSSR count). The van der Waals surface area contributed by atoms with Crippen molar-refractivity contribution < 1.29 is 4.79 Å². The van der Waals surface area contributed by atoms with Crippen LogP contribution in [0.2, 0.25) is 0 Å². The van der Waals surface area contributed by atoms with Gasteiger partial charge in [0.2, 0.25) is 5.91 Å². The molecule has 0 heterocycles. The maximum atomic E-state index is 11.8. The van der Waals surface area contributed by atoms with E-state index in [0.717, 1.165) is 24.1 Å². The Morgan fingerprint density at radius 2 is 1.74 bits per heavy atom. The Morgan fingerprint density at radius 3 is 2.21 bits per heavy atom. The highest BCUT2D eigenvalue weighted by Gasteiger charge is 2.32. The summed E-state index contributed by atoms with van der Waals surface area (Å²) >= 11 is 0. The molecule has 1 unspecified atom stereocenters. The number of para-hydroxylation sites is 1. The van der Waals surface area contributed by atoms with Gasteiger partial charge in [0.15, 0.2) is 0 Å². The third kappa shape index (κ3) is 4.58. The summed E-state index contributed by atoms with van der Waals surface area (Å²) in [6.07, 6.45) is 1.66. The minimum absolute atomic E-state index is 0.185. The number of carbonyl (C=O) groups is 1. The highest BCUT2D eigenvalue weighted by Crippen LogP contribution is 2.28. The fourth-order valence-corrected chi connectivity index (χ4v) is 1.88. The van der Waals surface area contributed by atoms with E-state index in [9.17, 15) is 4.79 Å². The number of benzene rings is 1. The Bertz CT molecular complexity index is 448. The summed E-state index contributed by atoms with van der Waals surface area (Å²) in [5.41, 5.74) is 7.16. The summed E-state index contributed by atoms with van der Waals surface area (Å²) in [4.78, 5) is 11.8. The van der Waals surface area contributed by atoms with E-state index < -0.39 is 5.54 Å². The van der Waals surface area contributed by atoms with Gasteiger partial charge in [-0.05, 0) is 43.7 Å². The highest BCUT2D eigenvalue weighted by atomic mass is 16.1. The molecule has 3 heteroatoms. The number of hydrogen-bond donors (Lipinski definition) is 2. The lowest BCUT2D eigenvalue weighted by Gasteiger charge is -2.32. The zero-order valence-electron chi connectivity index (χ0n) is 12.7. The number of primary amides is 1. The molecule has 1 atom stereocenters. The van der Waals surface area contributed by atoms with Crippen molar-refractivity contribution in [1.29, 1.82) is 0 Å². The SMILES string of the molecule is Cc1ccccc1NC(C)(CCC(C)(C)C)C(N)=O. The maximum Gasteiger partial charge on any atom is 0.242 e. The van der Waals surface area contributed by atoms with Gasteiger partial charge in [0.25, 0.3) is 0 Å². The Labute approximate surface area is 116 Å². The number of anilines is 1. The smallest absolute Gasteiger partial charge is 0.242 e. The zero-order valence-corrected chi connectivity index (χ0v) is 12.7. The monoisotopic (exact) mass is 262 g/mol. The molecule has 0 spiro atoms. The third-order valence-electron chi connectivity index (χ3n) is 3.47. The maximum absolute atomic E-state index is 11.8. The summed E-state index contributed by atoms with van der Waals surface area (Å²) in [6, 6.07) is 7.94. The molecule has 1 aromatic rings. The quantitative estimate of drug-likeness (QED) is 0.853. The van der Waals surface area contributed by atoms with E-state index in [1.165, 1.54) is 0 Å². The van der Waals surface area contributed by atoms with Crippen LogP contribution in [-0.2, 0) is 4.79 Å². The highest BCUT2D eigenvalue weighted by molar-refractivity contribution is 5.87. The topological polar surface area (TPSA) is 55.1 Å². The number of hydrogen-bond acceptors (Lipinski definition) is 2. The van der Waals surface area contributed by atoms with E-state index in [-0.39, 0.29) is 11.3 Å². The number of aryl methyl sites for hydroxylation is 1. The van der Waals surface area contributed by atoms with E-state index >= 15 is 0 Å². The second kappa shape index (κ2) is 5.64. The lowest BCUT2D eigenvalue weighted by molar-refractivity contribution is -0.122. The average Bonchev–Trinajstić information content (AvgIpc) is 2.28. The van der Waals surface area contributed by atoms with Gasteiger partial charge >= 0.3 is 0 Å². The number of carbonyl (C=O) groups excluding carboxylic acids is 1. The molecule has 1 aromatic carbocycles. The standard InChI is InChI=1S/C16H26N2O/c1-12-8-6-7-9-13(12)18-16(5,14(17)19)11-10-15(2,3)4/h6-9,18H,10-11H2,1-5H3,(H2,17,19). The molecule has 1 amide bonds. The van der Waals surface area contributed by atoms with Gasteiger partial charge in [0.05, 0.1) is 0 Å². The molecule has 0 aliphatic heterocycles. The Morgan fingerprint density at radius 1 is 1.16 bits per heavy atom. The zero-order chi connectivity index (χ0) is 14.7. The minimum Gasteiger partial charge on any atom is -0.371 e. The summed E-state index contributed by atoms with van der Waals surface area (Å²) in [6.45, 7) is 10.4. The number of nitrogens with one attached hydrogen (secondary N) is 1. The predicted molar refractivity (Wildman–Crippen MR) is 81.1 cm³/mol.